The highest BCUT2D eigenvalue weighted by Crippen LogP contribution is 2.34. The molecule has 1 aliphatic rings. The van der Waals surface area contributed by atoms with Gasteiger partial charge in [-0.25, -0.2) is 0 Å². The van der Waals surface area contributed by atoms with Crippen LogP contribution in [0.1, 0.15) is 33.6 Å². The van der Waals surface area contributed by atoms with Gasteiger partial charge in [0.2, 0.25) is 0 Å². The summed E-state index contributed by atoms with van der Waals surface area (Å²) in [5.74, 6) is -0.553. The first-order valence-electron chi connectivity index (χ1n) is 4.83. The van der Waals surface area contributed by atoms with Crippen LogP contribution in [-0.2, 0) is 19.1 Å². The fourth-order valence-electron chi connectivity index (χ4n) is 1.60. The number of hydrogen-bond acceptors (Lipinski definition) is 4. The van der Waals surface area contributed by atoms with Gasteiger partial charge in [-0.05, 0) is 20.8 Å². The zero-order valence-electron chi connectivity index (χ0n) is 8.83. The molecule has 0 spiro atoms. The third kappa shape index (κ3) is 2.47. The molecule has 0 amide bonds. The number of carbonyl (C=O) groups excluding carboxylic acids is 2. The molecule has 14 heavy (non-hydrogen) atoms. The van der Waals surface area contributed by atoms with Crippen molar-refractivity contribution in [2.45, 2.75) is 39.2 Å². The summed E-state index contributed by atoms with van der Waals surface area (Å²) in [5.41, 5.74) is -0.538. The maximum absolute atomic E-state index is 11.2. The summed E-state index contributed by atoms with van der Waals surface area (Å²) >= 11 is 0. The zero-order valence-corrected chi connectivity index (χ0v) is 8.83. The van der Waals surface area contributed by atoms with Crippen LogP contribution in [0.3, 0.4) is 0 Å². The van der Waals surface area contributed by atoms with Crippen LogP contribution < -0.4 is 0 Å². The lowest BCUT2D eigenvalue weighted by atomic mass is 9.88. The Kier molecular flexibility index (Phi) is 3.13. The Morgan fingerprint density at radius 3 is 2.71 bits per heavy atom. The first-order chi connectivity index (χ1) is 6.45. The average molecular weight is 200 g/mol. The van der Waals surface area contributed by atoms with Gasteiger partial charge < -0.3 is 9.47 Å². The molecule has 0 unspecified atom stereocenters. The number of ether oxygens (including phenoxy) is 2. The second-order valence-corrected chi connectivity index (χ2v) is 3.99. The standard InChI is InChI=1S/C10H16O4/c1-4-13-8(11)5-7-6-9(12)14-10(7,2)3/h7H,4-6H2,1-3H3/t7-/m0/s1. The van der Waals surface area contributed by atoms with Gasteiger partial charge in [0.05, 0.1) is 19.4 Å². The first-order valence-corrected chi connectivity index (χ1v) is 4.83. The lowest BCUT2D eigenvalue weighted by molar-refractivity contribution is -0.150. The molecule has 1 heterocycles. The molecule has 0 aliphatic carbocycles. The van der Waals surface area contributed by atoms with Crippen LogP contribution in [0.2, 0.25) is 0 Å². The molecule has 0 bridgehead atoms. The van der Waals surface area contributed by atoms with Crippen molar-refractivity contribution in [3.8, 4) is 0 Å². The minimum absolute atomic E-state index is 0.0611. The number of rotatable bonds is 3. The third-order valence-electron chi connectivity index (χ3n) is 2.49. The Balaban J connectivity index is 2.52. The van der Waals surface area contributed by atoms with Gasteiger partial charge in [0.1, 0.15) is 5.60 Å². The minimum atomic E-state index is -0.538. The van der Waals surface area contributed by atoms with E-state index in [-0.39, 0.29) is 24.3 Å². The minimum Gasteiger partial charge on any atom is -0.466 e. The molecule has 0 aromatic carbocycles. The van der Waals surface area contributed by atoms with Gasteiger partial charge in [0, 0.05) is 5.92 Å². The molecule has 1 saturated heterocycles. The molecule has 0 radical (unpaired) electrons. The van der Waals surface area contributed by atoms with Gasteiger partial charge >= 0.3 is 11.9 Å². The van der Waals surface area contributed by atoms with E-state index >= 15 is 0 Å². The number of hydrogen-bond donors (Lipinski definition) is 0. The summed E-state index contributed by atoms with van der Waals surface area (Å²) in [6.07, 6.45) is 0.568. The molecule has 1 rings (SSSR count). The zero-order chi connectivity index (χ0) is 10.8. The van der Waals surface area contributed by atoms with E-state index < -0.39 is 5.60 Å². The highest BCUT2D eigenvalue weighted by Gasteiger charge is 2.42. The molecule has 0 aromatic rings. The smallest absolute Gasteiger partial charge is 0.306 e. The van der Waals surface area contributed by atoms with Gasteiger partial charge in [-0.3, -0.25) is 9.59 Å². The average Bonchev–Trinajstić information content (AvgIpc) is 2.25. The van der Waals surface area contributed by atoms with Gasteiger partial charge in [-0.1, -0.05) is 0 Å². The van der Waals surface area contributed by atoms with E-state index in [1.165, 1.54) is 0 Å². The van der Waals surface area contributed by atoms with Crippen molar-refractivity contribution >= 4 is 11.9 Å². The topological polar surface area (TPSA) is 52.6 Å². The number of cyclic esters (lactones) is 1. The summed E-state index contributed by atoms with van der Waals surface area (Å²) in [6.45, 7) is 5.78. The molecule has 4 nitrogen and oxygen atoms in total. The molecule has 1 fully saturated rings. The van der Waals surface area contributed by atoms with E-state index in [0.29, 0.717) is 13.0 Å². The third-order valence-corrected chi connectivity index (χ3v) is 2.49. The van der Waals surface area contributed by atoms with E-state index in [9.17, 15) is 9.59 Å². The Labute approximate surface area is 83.6 Å². The summed E-state index contributed by atoms with van der Waals surface area (Å²) in [5, 5.41) is 0. The van der Waals surface area contributed by atoms with Crippen LogP contribution in [0.4, 0.5) is 0 Å². The maximum Gasteiger partial charge on any atom is 0.306 e. The van der Waals surface area contributed by atoms with Crippen molar-refractivity contribution in [1.29, 1.82) is 0 Å². The predicted octanol–water partition coefficient (Wildman–Crippen LogP) is 1.28. The molecular weight excluding hydrogens is 184 g/mol. The van der Waals surface area contributed by atoms with Gasteiger partial charge in [0.15, 0.2) is 0 Å². The summed E-state index contributed by atoms with van der Waals surface area (Å²) in [7, 11) is 0. The normalized spacial score (nSPS) is 24.5. The van der Waals surface area contributed by atoms with Gasteiger partial charge in [0.25, 0.3) is 0 Å². The molecule has 0 saturated carbocycles. The largest absolute Gasteiger partial charge is 0.466 e. The number of carbonyl (C=O) groups is 2. The Morgan fingerprint density at radius 1 is 1.64 bits per heavy atom. The van der Waals surface area contributed by atoms with Crippen LogP contribution in [-0.4, -0.2) is 24.1 Å². The van der Waals surface area contributed by atoms with Gasteiger partial charge in [-0.2, -0.15) is 0 Å². The molecule has 80 valence electrons. The van der Waals surface area contributed by atoms with Crippen LogP contribution in [0.25, 0.3) is 0 Å². The lowest BCUT2D eigenvalue weighted by Crippen LogP contribution is -2.29. The van der Waals surface area contributed by atoms with Gasteiger partial charge in [-0.15, -0.1) is 0 Å². The van der Waals surface area contributed by atoms with Crippen molar-refractivity contribution < 1.29 is 19.1 Å². The predicted molar refractivity (Wildman–Crippen MR) is 49.5 cm³/mol. The quantitative estimate of drug-likeness (QED) is 0.644. The molecule has 0 aromatic heterocycles. The summed E-state index contributed by atoms with van der Waals surface area (Å²) in [4.78, 5) is 22.2. The van der Waals surface area contributed by atoms with Crippen molar-refractivity contribution in [2.75, 3.05) is 6.61 Å². The maximum atomic E-state index is 11.2. The fraction of sp³-hybridized carbons (Fsp3) is 0.800. The number of esters is 2. The van der Waals surface area contributed by atoms with Crippen LogP contribution in [0, 0.1) is 5.92 Å². The Morgan fingerprint density at radius 2 is 2.29 bits per heavy atom. The SMILES string of the molecule is CCOC(=O)C[C@H]1CC(=O)OC1(C)C. The van der Waals surface area contributed by atoms with E-state index in [0.717, 1.165) is 0 Å². The summed E-state index contributed by atoms with van der Waals surface area (Å²) in [6, 6.07) is 0. The van der Waals surface area contributed by atoms with Crippen molar-refractivity contribution in [3.63, 3.8) is 0 Å². The molecule has 1 aliphatic heterocycles. The van der Waals surface area contributed by atoms with Crippen LogP contribution in [0.15, 0.2) is 0 Å². The molecule has 0 N–H and O–H groups in total. The lowest BCUT2D eigenvalue weighted by Gasteiger charge is -2.23. The highest BCUT2D eigenvalue weighted by atomic mass is 16.6. The van der Waals surface area contributed by atoms with E-state index in [1.54, 1.807) is 6.92 Å². The monoisotopic (exact) mass is 200 g/mol. The van der Waals surface area contributed by atoms with E-state index in [1.807, 2.05) is 13.8 Å². The van der Waals surface area contributed by atoms with Crippen LogP contribution >= 0.6 is 0 Å². The fourth-order valence-corrected chi connectivity index (χ4v) is 1.60. The Bertz CT molecular complexity index is 245. The molecule has 4 heteroatoms. The molecule has 1 atom stereocenters. The molecular formula is C10H16O4. The Hall–Kier alpha value is -1.06. The first kappa shape index (κ1) is 11.0. The van der Waals surface area contributed by atoms with Crippen molar-refractivity contribution in [2.24, 2.45) is 5.92 Å². The van der Waals surface area contributed by atoms with Crippen LogP contribution in [0.5, 0.6) is 0 Å². The highest BCUT2D eigenvalue weighted by molar-refractivity contribution is 5.76. The second kappa shape index (κ2) is 3.98. The van der Waals surface area contributed by atoms with E-state index in [4.69, 9.17) is 9.47 Å². The van der Waals surface area contributed by atoms with Crippen molar-refractivity contribution in [3.05, 3.63) is 0 Å². The second-order valence-electron chi connectivity index (χ2n) is 3.99. The summed E-state index contributed by atoms with van der Waals surface area (Å²) < 4.78 is 9.92. The van der Waals surface area contributed by atoms with E-state index in [2.05, 4.69) is 0 Å². The van der Waals surface area contributed by atoms with Crippen molar-refractivity contribution in [1.82, 2.24) is 0 Å².